The molecule has 2 N–H and O–H groups in total. The molecule has 0 bridgehead atoms. The zero-order valence-corrected chi connectivity index (χ0v) is 12.5. The van der Waals surface area contributed by atoms with Crippen molar-refractivity contribution in [2.45, 2.75) is 31.3 Å². The quantitative estimate of drug-likeness (QED) is 0.909. The number of likely N-dealkylation sites (tertiary alicyclic amines) is 1. The Balaban J connectivity index is 1.60. The van der Waals surface area contributed by atoms with Gasteiger partial charge in [-0.05, 0) is 18.4 Å². The third-order valence-electron chi connectivity index (χ3n) is 4.23. The fraction of sp³-hybridized carbons (Fsp3) is 0.412. The minimum atomic E-state index is -0.738. The number of aromatic nitrogens is 2. The van der Waals surface area contributed by atoms with E-state index < -0.39 is 6.10 Å². The largest absolute Gasteiger partial charge is 0.388 e. The van der Waals surface area contributed by atoms with Crippen LogP contribution in [0.4, 0.5) is 0 Å². The van der Waals surface area contributed by atoms with Crippen molar-refractivity contribution in [2.24, 2.45) is 0 Å². The van der Waals surface area contributed by atoms with Gasteiger partial charge in [-0.3, -0.25) is 4.79 Å². The number of hydrogen-bond donors (Lipinski definition) is 2. The van der Waals surface area contributed by atoms with Crippen molar-refractivity contribution in [3.63, 3.8) is 0 Å². The van der Waals surface area contributed by atoms with Crippen molar-refractivity contribution < 1.29 is 9.90 Å². The number of H-pyrrole nitrogens is 1. The Kier molecular flexibility index (Phi) is 4.53. The summed E-state index contributed by atoms with van der Waals surface area (Å²) in [5.41, 5.74) is 0.787. The number of carbonyl (C=O) groups excluding carboxylic acids is 1. The van der Waals surface area contributed by atoms with E-state index in [0.717, 1.165) is 30.8 Å². The number of aliphatic hydroxyl groups is 1. The molecular formula is C17H21N3O2. The van der Waals surface area contributed by atoms with Gasteiger partial charge in [-0.15, -0.1) is 0 Å². The summed E-state index contributed by atoms with van der Waals surface area (Å²) in [6, 6.07) is 9.34. The number of imidazole rings is 1. The summed E-state index contributed by atoms with van der Waals surface area (Å²) >= 11 is 0. The lowest BCUT2D eigenvalue weighted by molar-refractivity contribution is -0.134. The molecule has 1 amide bonds. The monoisotopic (exact) mass is 299 g/mol. The van der Waals surface area contributed by atoms with Crippen molar-refractivity contribution in [1.29, 1.82) is 0 Å². The third-order valence-corrected chi connectivity index (χ3v) is 4.23. The molecule has 3 rings (SSSR count). The van der Waals surface area contributed by atoms with Gasteiger partial charge >= 0.3 is 0 Å². The number of nitrogens with one attached hydrogen (secondary N) is 1. The highest BCUT2D eigenvalue weighted by Gasteiger charge is 2.27. The van der Waals surface area contributed by atoms with Gasteiger partial charge in [0.15, 0.2) is 0 Å². The molecule has 1 aromatic heterocycles. The minimum Gasteiger partial charge on any atom is -0.388 e. The first kappa shape index (κ1) is 14.8. The van der Waals surface area contributed by atoms with Gasteiger partial charge in [-0.2, -0.15) is 0 Å². The summed E-state index contributed by atoms with van der Waals surface area (Å²) in [6.45, 7) is 1.44. The van der Waals surface area contributed by atoms with Gasteiger partial charge in [0.1, 0.15) is 5.82 Å². The Morgan fingerprint density at radius 1 is 1.41 bits per heavy atom. The van der Waals surface area contributed by atoms with Gasteiger partial charge in [-0.1, -0.05) is 30.3 Å². The summed E-state index contributed by atoms with van der Waals surface area (Å²) in [7, 11) is 0. The second kappa shape index (κ2) is 6.75. The number of hydrogen-bond acceptors (Lipinski definition) is 3. The summed E-state index contributed by atoms with van der Waals surface area (Å²) in [5.74, 6) is 1.22. The number of carbonyl (C=O) groups is 1. The van der Waals surface area contributed by atoms with Gasteiger partial charge in [0.2, 0.25) is 5.91 Å². The van der Waals surface area contributed by atoms with Crippen LogP contribution in [0.1, 0.15) is 42.7 Å². The Morgan fingerprint density at radius 2 is 2.23 bits per heavy atom. The molecule has 1 aliphatic rings. The van der Waals surface area contributed by atoms with Gasteiger partial charge in [0, 0.05) is 31.4 Å². The highest BCUT2D eigenvalue weighted by atomic mass is 16.3. The van der Waals surface area contributed by atoms with Crippen molar-refractivity contribution in [1.82, 2.24) is 14.9 Å². The van der Waals surface area contributed by atoms with Crippen LogP contribution in [-0.4, -0.2) is 39.0 Å². The van der Waals surface area contributed by atoms with Crippen LogP contribution in [-0.2, 0) is 4.79 Å². The second-order valence-corrected chi connectivity index (χ2v) is 5.78. The molecule has 1 saturated heterocycles. The Labute approximate surface area is 130 Å². The average molecular weight is 299 g/mol. The maximum atomic E-state index is 12.4. The normalized spacial score (nSPS) is 19.9. The van der Waals surface area contributed by atoms with E-state index >= 15 is 0 Å². The number of aromatic amines is 1. The molecule has 2 unspecified atom stereocenters. The van der Waals surface area contributed by atoms with Crippen LogP contribution >= 0.6 is 0 Å². The summed E-state index contributed by atoms with van der Waals surface area (Å²) in [6.07, 6.45) is 4.97. The van der Waals surface area contributed by atoms with E-state index in [4.69, 9.17) is 0 Å². The number of piperidine rings is 1. The Bertz CT molecular complexity index is 598. The molecule has 2 aromatic rings. The van der Waals surface area contributed by atoms with E-state index in [1.165, 1.54) is 0 Å². The number of amides is 1. The van der Waals surface area contributed by atoms with Gasteiger partial charge < -0.3 is 15.0 Å². The zero-order valence-electron chi connectivity index (χ0n) is 12.5. The summed E-state index contributed by atoms with van der Waals surface area (Å²) in [5, 5.41) is 10.2. The van der Waals surface area contributed by atoms with Crippen LogP contribution in [0.15, 0.2) is 42.7 Å². The third kappa shape index (κ3) is 3.36. The number of aliphatic hydroxyl groups excluding tert-OH is 1. The van der Waals surface area contributed by atoms with Gasteiger partial charge in [0.05, 0.1) is 12.5 Å². The van der Waals surface area contributed by atoms with E-state index in [-0.39, 0.29) is 18.2 Å². The highest BCUT2D eigenvalue weighted by Crippen LogP contribution is 2.26. The molecule has 2 atom stereocenters. The number of rotatable bonds is 4. The lowest BCUT2D eigenvalue weighted by Gasteiger charge is -2.32. The van der Waals surface area contributed by atoms with E-state index in [2.05, 4.69) is 9.97 Å². The molecule has 2 heterocycles. The van der Waals surface area contributed by atoms with Crippen LogP contribution in [0.25, 0.3) is 0 Å². The molecule has 1 fully saturated rings. The first-order valence-electron chi connectivity index (χ1n) is 7.74. The van der Waals surface area contributed by atoms with Crippen molar-refractivity contribution >= 4 is 5.91 Å². The van der Waals surface area contributed by atoms with Gasteiger partial charge in [-0.25, -0.2) is 4.98 Å². The molecule has 0 saturated carbocycles. The van der Waals surface area contributed by atoms with Crippen LogP contribution < -0.4 is 0 Å². The predicted octanol–water partition coefficient (Wildman–Crippen LogP) is 2.24. The van der Waals surface area contributed by atoms with Crippen LogP contribution in [0.5, 0.6) is 0 Å². The second-order valence-electron chi connectivity index (χ2n) is 5.78. The Hall–Kier alpha value is -2.14. The molecule has 0 aliphatic carbocycles. The maximum Gasteiger partial charge on any atom is 0.225 e. The van der Waals surface area contributed by atoms with E-state index in [1.807, 2.05) is 41.4 Å². The van der Waals surface area contributed by atoms with Crippen molar-refractivity contribution in [3.8, 4) is 0 Å². The first-order valence-corrected chi connectivity index (χ1v) is 7.74. The fourth-order valence-corrected chi connectivity index (χ4v) is 3.02. The topological polar surface area (TPSA) is 69.2 Å². The minimum absolute atomic E-state index is 0.00705. The zero-order chi connectivity index (χ0) is 15.4. The number of benzene rings is 1. The Morgan fingerprint density at radius 3 is 2.95 bits per heavy atom. The standard InChI is InChI=1S/C17H21N3O2/c21-15(13-5-2-1-3-6-13)11-16(22)20-10-4-7-14(12-20)17-18-8-9-19-17/h1-3,5-6,8-9,14-15,21H,4,7,10-12H2,(H,18,19). The molecule has 116 valence electrons. The average Bonchev–Trinajstić information content (AvgIpc) is 3.10. The SMILES string of the molecule is O=C(CC(O)c1ccccc1)N1CCCC(c2ncc[nH]2)C1. The molecule has 0 radical (unpaired) electrons. The van der Waals surface area contributed by atoms with Crippen molar-refractivity contribution in [3.05, 3.63) is 54.1 Å². The highest BCUT2D eigenvalue weighted by molar-refractivity contribution is 5.77. The van der Waals surface area contributed by atoms with E-state index in [0.29, 0.717) is 6.54 Å². The predicted molar refractivity (Wildman–Crippen MR) is 83.2 cm³/mol. The van der Waals surface area contributed by atoms with E-state index in [9.17, 15) is 9.90 Å². The summed E-state index contributed by atoms with van der Waals surface area (Å²) in [4.78, 5) is 21.7. The molecule has 1 aromatic carbocycles. The number of nitrogens with zero attached hydrogens (tertiary/aromatic N) is 2. The molecular weight excluding hydrogens is 278 g/mol. The van der Waals surface area contributed by atoms with Crippen molar-refractivity contribution in [2.75, 3.05) is 13.1 Å². The first-order chi connectivity index (χ1) is 10.7. The van der Waals surface area contributed by atoms with Crippen LogP contribution in [0.2, 0.25) is 0 Å². The molecule has 22 heavy (non-hydrogen) atoms. The molecule has 5 heteroatoms. The summed E-state index contributed by atoms with van der Waals surface area (Å²) < 4.78 is 0. The smallest absolute Gasteiger partial charge is 0.225 e. The molecule has 0 spiro atoms. The molecule has 1 aliphatic heterocycles. The lowest BCUT2D eigenvalue weighted by Crippen LogP contribution is -2.39. The maximum absolute atomic E-state index is 12.4. The van der Waals surface area contributed by atoms with Crippen LogP contribution in [0, 0.1) is 0 Å². The molecule has 5 nitrogen and oxygen atoms in total. The van der Waals surface area contributed by atoms with Gasteiger partial charge in [0.25, 0.3) is 0 Å². The van der Waals surface area contributed by atoms with E-state index in [1.54, 1.807) is 6.20 Å². The lowest BCUT2D eigenvalue weighted by atomic mass is 9.96. The van der Waals surface area contributed by atoms with Crippen LogP contribution in [0.3, 0.4) is 0 Å². The fourth-order valence-electron chi connectivity index (χ4n) is 3.02.